The SMILES string of the molecule is COc1ccc2ccccc2c1CN1CC[C@H]2[C@H](CCC(=O)N2Cc2ccc(C(F)(F)F)cc2)C1. The van der Waals surface area contributed by atoms with Gasteiger partial charge in [0.2, 0.25) is 5.91 Å². The van der Waals surface area contributed by atoms with Gasteiger partial charge in [0.1, 0.15) is 5.75 Å². The molecule has 1 amide bonds. The summed E-state index contributed by atoms with van der Waals surface area (Å²) in [5.74, 6) is 1.32. The van der Waals surface area contributed by atoms with Crippen molar-refractivity contribution < 1.29 is 22.7 Å². The lowest BCUT2D eigenvalue weighted by Gasteiger charge is -2.47. The van der Waals surface area contributed by atoms with Crippen LogP contribution in [-0.2, 0) is 24.1 Å². The van der Waals surface area contributed by atoms with Crippen LogP contribution in [0.15, 0.2) is 60.7 Å². The molecule has 4 nitrogen and oxygen atoms in total. The maximum atomic E-state index is 12.9. The number of likely N-dealkylation sites (tertiary alicyclic amines) is 2. The van der Waals surface area contributed by atoms with Gasteiger partial charge in [0.05, 0.1) is 12.7 Å². The van der Waals surface area contributed by atoms with Gasteiger partial charge in [0.15, 0.2) is 0 Å². The summed E-state index contributed by atoms with van der Waals surface area (Å²) in [6, 6.07) is 17.7. The van der Waals surface area contributed by atoms with Crippen LogP contribution in [0.2, 0.25) is 0 Å². The molecule has 0 aliphatic carbocycles. The fraction of sp³-hybridized carbons (Fsp3) is 0.393. The molecule has 0 aromatic heterocycles. The quantitative estimate of drug-likeness (QED) is 0.455. The minimum Gasteiger partial charge on any atom is -0.496 e. The molecule has 3 aromatic rings. The lowest BCUT2D eigenvalue weighted by atomic mass is 9.83. The summed E-state index contributed by atoms with van der Waals surface area (Å²) in [5, 5.41) is 2.38. The first-order valence-electron chi connectivity index (χ1n) is 12.1. The topological polar surface area (TPSA) is 32.8 Å². The summed E-state index contributed by atoms with van der Waals surface area (Å²) >= 11 is 0. The van der Waals surface area contributed by atoms with Gasteiger partial charge in [-0.3, -0.25) is 9.69 Å². The smallest absolute Gasteiger partial charge is 0.416 e. The Morgan fingerprint density at radius 2 is 1.74 bits per heavy atom. The van der Waals surface area contributed by atoms with E-state index in [2.05, 4.69) is 23.1 Å². The first kappa shape index (κ1) is 23.7. The number of amides is 1. The number of fused-ring (bicyclic) bond motifs is 2. The average molecular weight is 483 g/mol. The fourth-order valence-electron chi connectivity index (χ4n) is 5.67. The number of alkyl halides is 3. The van der Waals surface area contributed by atoms with Gasteiger partial charge in [-0.25, -0.2) is 0 Å². The van der Waals surface area contributed by atoms with E-state index < -0.39 is 11.7 Å². The summed E-state index contributed by atoms with van der Waals surface area (Å²) in [4.78, 5) is 17.1. The highest BCUT2D eigenvalue weighted by Crippen LogP contribution is 2.36. The molecule has 184 valence electrons. The molecule has 0 unspecified atom stereocenters. The van der Waals surface area contributed by atoms with Crippen LogP contribution in [-0.4, -0.2) is 41.9 Å². The van der Waals surface area contributed by atoms with E-state index in [-0.39, 0.29) is 11.9 Å². The molecular formula is C28H29F3N2O2. The number of benzene rings is 3. The Morgan fingerprint density at radius 1 is 0.971 bits per heavy atom. The Kier molecular flexibility index (Phi) is 6.45. The number of hydrogen-bond acceptors (Lipinski definition) is 3. The number of nitrogens with zero attached hydrogens (tertiary/aromatic N) is 2. The van der Waals surface area contributed by atoms with Crippen molar-refractivity contribution in [2.75, 3.05) is 20.2 Å². The molecule has 2 saturated heterocycles. The third kappa shape index (κ3) is 4.87. The first-order valence-corrected chi connectivity index (χ1v) is 12.1. The van der Waals surface area contributed by atoms with E-state index in [1.807, 2.05) is 23.1 Å². The zero-order chi connectivity index (χ0) is 24.6. The van der Waals surface area contributed by atoms with Crippen molar-refractivity contribution in [3.63, 3.8) is 0 Å². The zero-order valence-corrected chi connectivity index (χ0v) is 19.7. The molecule has 2 aliphatic heterocycles. The highest BCUT2D eigenvalue weighted by Gasteiger charge is 2.39. The van der Waals surface area contributed by atoms with Crippen LogP contribution in [0.3, 0.4) is 0 Å². The van der Waals surface area contributed by atoms with Crippen LogP contribution in [0.25, 0.3) is 10.8 Å². The molecule has 0 spiro atoms. The number of halogens is 3. The maximum absolute atomic E-state index is 12.9. The summed E-state index contributed by atoms with van der Waals surface area (Å²) < 4.78 is 44.4. The second-order valence-electron chi connectivity index (χ2n) is 9.57. The van der Waals surface area contributed by atoms with Crippen molar-refractivity contribution in [1.82, 2.24) is 9.80 Å². The Bertz CT molecular complexity index is 1210. The van der Waals surface area contributed by atoms with Crippen molar-refractivity contribution in [1.29, 1.82) is 0 Å². The fourth-order valence-corrected chi connectivity index (χ4v) is 5.67. The molecule has 0 radical (unpaired) electrons. The van der Waals surface area contributed by atoms with Gasteiger partial charge in [0.25, 0.3) is 0 Å². The Hall–Kier alpha value is -3.06. The van der Waals surface area contributed by atoms with Crippen LogP contribution in [0.5, 0.6) is 5.75 Å². The van der Waals surface area contributed by atoms with E-state index in [4.69, 9.17) is 4.74 Å². The van der Waals surface area contributed by atoms with Gasteiger partial charge in [-0.2, -0.15) is 13.2 Å². The molecule has 2 atom stereocenters. The molecule has 2 fully saturated rings. The van der Waals surface area contributed by atoms with Crippen LogP contribution < -0.4 is 4.74 Å². The van der Waals surface area contributed by atoms with Crippen molar-refractivity contribution >= 4 is 16.7 Å². The van der Waals surface area contributed by atoms with Gasteiger partial charge < -0.3 is 9.64 Å². The predicted molar refractivity (Wildman–Crippen MR) is 129 cm³/mol. The molecule has 0 saturated carbocycles. The van der Waals surface area contributed by atoms with Crippen molar-refractivity contribution in [3.05, 3.63) is 77.4 Å². The second-order valence-corrected chi connectivity index (χ2v) is 9.57. The maximum Gasteiger partial charge on any atom is 0.416 e. The molecule has 5 rings (SSSR count). The molecule has 2 heterocycles. The van der Waals surface area contributed by atoms with E-state index in [1.165, 1.54) is 28.5 Å². The van der Waals surface area contributed by atoms with Gasteiger partial charge >= 0.3 is 6.18 Å². The Labute approximate surface area is 203 Å². The number of carbonyl (C=O) groups excluding carboxylic acids is 1. The molecule has 2 aliphatic rings. The lowest BCUT2D eigenvalue weighted by Crippen LogP contribution is -2.55. The first-order chi connectivity index (χ1) is 16.8. The predicted octanol–water partition coefficient (Wildman–Crippen LogP) is 5.88. The van der Waals surface area contributed by atoms with E-state index in [9.17, 15) is 18.0 Å². The van der Waals surface area contributed by atoms with Crippen molar-refractivity contribution in [2.45, 2.75) is 44.6 Å². The minimum absolute atomic E-state index is 0.0929. The highest BCUT2D eigenvalue weighted by atomic mass is 19.4. The second kappa shape index (κ2) is 9.53. The van der Waals surface area contributed by atoms with E-state index in [0.717, 1.165) is 55.9 Å². The Balaban J connectivity index is 1.30. The lowest BCUT2D eigenvalue weighted by molar-refractivity contribution is -0.142. The van der Waals surface area contributed by atoms with Crippen LogP contribution in [0.1, 0.15) is 36.0 Å². The van der Waals surface area contributed by atoms with Gasteiger partial charge in [0, 0.05) is 44.2 Å². The number of methoxy groups -OCH3 is 1. The number of carbonyl (C=O) groups is 1. The van der Waals surface area contributed by atoms with Gasteiger partial charge in [-0.1, -0.05) is 42.5 Å². The normalized spacial score (nSPS) is 21.3. The number of piperidine rings is 2. The van der Waals surface area contributed by atoms with Crippen molar-refractivity contribution in [2.24, 2.45) is 5.92 Å². The summed E-state index contributed by atoms with van der Waals surface area (Å²) in [6.07, 6.45) is -2.18. The third-order valence-corrected chi connectivity index (χ3v) is 7.46. The molecule has 3 aromatic carbocycles. The number of hydrogen-bond donors (Lipinski definition) is 0. The minimum atomic E-state index is -4.36. The van der Waals surface area contributed by atoms with Gasteiger partial charge in [-0.15, -0.1) is 0 Å². The standard InChI is InChI=1S/C28H29F3N2O2/c1-35-26-12-8-20-4-2-3-5-23(20)24(26)18-32-15-14-25-21(17-32)9-13-27(34)33(25)16-19-6-10-22(11-7-19)28(29,30)31/h2-8,10-12,21,25H,9,13-18H2,1H3/t21-,25+/m1/s1. The molecule has 35 heavy (non-hydrogen) atoms. The summed E-state index contributed by atoms with van der Waals surface area (Å²) in [6.45, 7) is 2.87. The summed E-state index contributed by atoms with van der Waals surface area (Å²) in [5.41, 5.74) is 1.24. The zero-order valence-electron chi connectivity index (χ0n) is 19.7. The summed E-state index contributed by atoms with van der Waals surface area (Å²) in [7, 11) is 1.70. The monoisotopic (exact) mass is 482 g/mol. The molecule has 0 bridgehead atoms. The number of rotatable bonds is 5. The van der Waals surface area contributed by atoms with Gasteiger partial charge in [-0.05, 0) is 53.3 Å². The van der Waals surface area contributed by atoms with Crippen LogP contribution in [0, 0.1) is 5.92 Å². The van der Waals surface area contributed by atoms with Crippen molar-refractivity contribution in [3.8, 4) is 5.75 Å². The molecule has 7 heteroatoms. The van der Waals surface area contributed by atoms with E-state index >= 15 is 0 Å². The van der Waals surface area contributed by atoms with E-state index in [0.29, 0.717) is 18.9 Å². The molecule has 0 N–H and O–H groups in total. The Morgan fingerprint density at radius 3 is 2.49 bits per heavy atom. The van der Waals surface area contributed by atoms with E-state index in [1.54, 1.807) is 7.11 Å². The number of ether oxygens (including phenoxy) is 1. The largest absolute Gasteiger partial charge is 0.496 e. The average Bonchev–Trinajstić information content (AvgIpc) is 2.86. The van der Waals surface area contributed by atoms with Crippen LogP contribution >= 0.6 is 0 Å². The highest BCUT2D eigenvalue weighted by molar-refractivity contribution is 5.87. The van der Waals surface area contributed by atoms with Crippen LogP contribution in [0.4, 0.5) is 13.2 Å². The molecular weight excluding hydrogens is 453 g/mol. The third-order valence-electron chi connectivity index (χ3n) is 7.46.